The lowest BCUT2D eigenvalue weighted by molar-refractivity contribution is 0.677. The van der Waals surface area contributed by atoms with Crippen LogP contribution in [0, 0.1) is 5.92 Å². The maximum atomic E-state index is 2.24. The van der Waals surface area contributed by atoms with Crippen molar-refractivity contribution < 1.29 is 0 Å². The summed E-state index contributed by atoms with van der Waals surface area (Å²) in [5.41, 5.74) is 0. The molecule has 0 N–H and O–H groups in total. The van der Waals surface area contributed by atoms with Crippen molar-refractivity contribution in [3.05, 3.63) is 5.92 Å². The average Bonchev–Trinajstić information content (AvgIpc) is 1.66. The predicted molar refractivity (Wildman–Crippen MR) is 38.7 cm³/mol. The molecule has 0 aliphatic rings. The molecule has 0 heteroatoms. The van der Waals surface area contributed by atoms with E-state index in [-0.39, 0.29) is 0 Å². The summed E-state index contributed by atoms with van der Waals surface area (Å²) in [6, 6.07) is 0. The van der Waals surface area contributed by atoms with Crippen LogP contribution in [-0.4, -0.2) is 0 Å². The first-order valence-electron chi connectivity index (χ1n) is 3.56. The highest BCUT2D eigenvalue weighted by Gasteiger charge is 1.91. The summed E-state index contributed by atoms with van der Waals surface area (Å²) in [7, 11) is 0. The molecular formula is C8H17. The van der Waals surface area contributed by atoms with Gasteiger partial charge < -0.3 is 0 Å². The molecule has 0 saturated carbocycles. The van der Waals surface area contributed by atoms with Crippen molar-refractivity contribution >= 4 is 0 Å². The standard InChI is InChI=1S/C8H17/c1-4-5-6-7-8(2)3/h4-7H2,1-3H3. The Bertz CT molecular complexity index is 37.3. The SMILES string of the molecule is CCCCC[C](C)C. The molecule has 0 rings (SSSR count). The predicted octanol–water partition coefficient (Wildman–Crippen LogP) is 3.18. The lowest BCUT2D eigenvalue weighted by Crippen LogP contribution is -1.82. The molecule has 0 saturated heterocycles. The van der Waals surface area contributed by atoms with Gasteiger partial charge in [-0.2, -0.15) is 0 Å². The third kappa shape index (κ3) is 6.00. The third-order valence-electron chi connectivity index (χ3n) is 1.28. The van der Waals surface area contributed by atoms with Crippen LogP contribution in [0.4, 0.5) is 0 Å². The Morgan fingerprint density at radius 2 is 1.75 bits per heavy atom. The summed E-state index contributed by atoms with van der Waals surface area (Å²) in [5.74, 6) is 1.57. The highest BCUT2D eigenvalue weighted by molar-refractivity contribution is 4.75. The molecule has 0 bridgehead atoms. The fourth-order valence-electron chi connectivity index (χ4n) is 0.729. The van der Waals surface area contributed by atoms with Gasteiger partial charge in [0.15, 0.2) is 0 Å². The molecule has 1 radical (unpaired) electrons. The van der Waals surface area contributed by atoms with Crippen molar-refractivity contribution in [2.45, 2.75) is 46.5 Å². The van der Waals surface area contributed by atoms with Gasteiger partial charge in [-0.25, -0.2) is 0 Å². The van der Waals surface area contributed by atoms with Gasteiger partial charge in [0.25, 0.3) is 0 Å². The molecule has 49 valence electrons. The first-order valence-corrected chi connectivity index (χ1v) is 3.56. The number of hydrogen-bond acceptors (Lipinski definition) is 0. The second kappa shape index (κ2) is 5.14. The van der Waals surface area contributed by atoms with Crippen LogP contribution in [0.3, 0.4) is 0 Å². The molecule has 0 aromatic carbocycles. The van der Waals surface area contributed by atoms with Gasteiger partial charge in [0.1, 0.15) is 0 Å². The Labute approximate surface area is 53.3 Å². The summed E-state index contributed by atoms with van der Waals surface area (Å²) in [6.45, 7) is 6.65. The van der Waals surface area contributed by atoms with Crippen molar-refractivity contribution in [3.8, 4) is 0 Å². The second-order valence-corrected chi connectivity index (χ2v) is 2.66. The Balaban J connectivity index is 2.72. The van der Waals surface area contributed by atoms with Crippen molar-refractivity contribution in [2.75, 3.05) is 0 Å². The smallest absolute Gasteiger partial charge is 0.0303 e. The van der Waals surface area contributed by atoms with Gasteiger partial charge in [0.2, 0.25) is 0 Å². The van der Waals surface area contributed by atoms with E-state index in [0.717, 1.165) is 0 Å². The van der Waals surface area contributed by atoms with Gasteiger partial charge in [0.05, 0.1) is 0 Å². The zero-order valence-corrected chi connectivity index (χ0v) is 6.33. The van der Waals surface area contributed by atoms with Gasteiger partial charge in [-0.1, -0.05) is 40.0 Å². The first kappa shape index (κ1) is 8.00. The van der Waals surface area contributed by atoms with Gasteiger partial charge in [0, 0.05) is 0 Å². The molecular weight excluding hydrogens is 96.1 g/mol. The largest absolute Gasteiger partial charge is 0.0654 e. The molecule has 0 amide bonds. The molecule has 0 aliphatic carbocycles. The van der Waals surface area contributed by atoms with E-state index >= 15 is 0 Å². The van der Waals surface area contributed by atoms with E-state index in [1.165, 1.54) is 25.7 Å². The third-order valence-corrected chi connectivity index (χ3v) is 1.28. The summed E-state index contributed by atoms with van der Waals surface area (Å²) in [4.78, 5) is 0. The van der Waals surface area contributed by atoms with Crippen molar-refractivity contribution in [1.29, 1.82) is 0 Å². The molecule has 0 heterocycles. The van der Waals surface area contributed by atoms with E-state index in [0.29, 0.717) is 0 Å². The Morgan fingerprint density at radius 3 is 2.12 bits per heavy atom. The van der Waals surface area contributed by atoms with E-state index in [2.05, 4.69) is 20.8 Å². The first-order chi connectivity index (χ1) is 3.77. The van der Waals surface area contributed by atoms with E-state index in [9.17, 15) is 0 Å². The average molecular weight is 113 g/mol. The highest BCUT2D eigenvalue weighted by atomic mass is 14.0. The summed E-state index contributed by atoms with van der Waals surface area (Å²) in [5, 5.41) is 0. The van der Waals surface area contributed by atoms with Crippen LogP contribution >= 0.6 is 0 Å². The van der Waals surface area contributed by atoms with Crippen LogP contribution in [0.5, 0.6) is 0 Å². The van der Waals surface area contributed by atoms with E-state index in [4.69, 9.17) is 0 Å². The lowest BCUT2D eigenvalue weighted by atomic mass is 10.1. The van der Waals surface area contributed by atoms with Crippen LogP contribution in [0.2, 0.25) is 0 Å². The fourth-order valence-corrected chi connectivity index (χ4v) is 0.729. The summed E-state index contributed by atoms with van der Waals surface area (Å²) in [6.07, 6.45) is 5.45. The summed E-state index contributed by atoms with van der Waals surface area (Å²) < 4.78 is 0. The molecule has 0 aliphatic heterocycles. The number of unbranched alkanes of at least 4 members (excludes halogenated alkanes) is 2. The minimum Gasteiger partial charge on any atom is -0.0654 e. The highest BCUT2D eigenvalue weighted by Crippen LogP contribution is 2.08. The van der Waals surface area contributed by atoms with Crippen LogP contribution < -0.4 is 0 Å². The molecule has 0 aromatic rings. The lowest BCUT2D eigenvalue weighted by Gasteiger charge is -2.00. The van der Waals surface area contributed by atoms with E-state index in [1.807, 2.05) is 0 Å². The Kier molecular flexibility index (Phi) is 5.14. The van der Waals surface area contributed by atoms with Crippen LogP contribution in [-0.2, 0) is 0 Å². The zero-order valence-electron chi connectivity index (χ0n) is 6.33. The summed E-state index contributed by atoms with van der Waals surface area (Å²) >= 11 is 0. The molecule has 0 unspecified atom stereocenters. The Hall–Kier alpha value is 0. The Morgan fingerprint density at radius 1 is 1.12 bits per heavy atom. The molecule has 0 aromatic heterocycles. The monoisotopic (exact) mass is 113 g/mol. The zero-order chi connectivity index (χ0) is 6.41. The van der Waals surface area contributed by atoms with Crippen molar-refractivity contribution in [1.82, 2.24) is 0 Å². The van der Waals surface area contributed by atoms with Gasteiger partial charge in [-0.15, -0.1) is 0 Å². The van der Waals surface area contributed by atoms with Gasteiger partial charge in [-0.3, -0.25) is 0 Å². The normalized spacial score (nSPS) is 10.5. The van der Waals surface area contributed by atoms with Crippen LogP contribution in [0.15, 0.2) is 0 Å². The fraction of sp³-hybridized carbons (Fsp3) is 0.875. The van der Waals surface area contributed by atoms with E-state index < -0.39 is 0 Å². The number of hydrogen-bond donors (Lipinski definition) is 0. The van der Waals surface area contributed by atoms with Crippen molar-refractivity contribution in [2.24, 2.45) is 0 Å². The number of rotatable bonds is 4. The molecule has 8 heavy (non-hydrogen) atoms. The minimum absolute atomic E-state index is 1.33. The molecule has 0 fully saturated rings. The van der Waals surface area contributed by atoms with Crippen LogP contribution in [0.1, 0.15) is 46.5 Å². The van der Waals surface area contributed by atoms with Gasteiger partial charge in [-0.05, 0) is 12.3 Å². The minimum atomic E-state index is 1.33. The second-order valence-electron chi connectivity index (χ2n) is 2.66. The van der Waals surface area contributed by atoms with E-state index in [1.54, 1.807) is 5.92 Å². The quantitative estimate of drug-likeness (QED) is 0.491. The maximum absolute atomic E-state index is 2.24. The van der Waals surface area contributed by atoms with Crippen molar-refractivity contribution in [3.63, 3.8) is 0 Å². The molecule has 0 atom stereocenters. The molecule has 0 spiro atoms. The van der Waals surface area contributed by atoms with Gasteiger partial charge >= 0.3 is 0 Å². The maximum Gasteiger partial charge on any atom is -0.0303 e. The topological polar surface area (TPSA) is 0 Å². The molecule has 0 nitrogen and oxygen atoms in total. The van der Waals surface area contributed by atoms with Crippen LogP contribution in [0.25, 0.3) is 0 Å².